The fourth-order valence-electron chi connectivity index (χ4n) is 2.46. The minimum absolute atomic E-state index is 0.0487. The molecule has 2 rings (SSSR count). The monoisotopic (exact) mass is 235 g/mol. The van der Waals surface area contributed by atoms with E-state index in [1.807, 2.05) is 31.3 Å². The van der Waals surface area contributed by atoms with Gasteiger partial charge in [-0.15, -0.1) is 0 Å². The molecule has 0 bridgehead atoms. The van der Waals surface area contributed by atoms with Gasteiger partial charge in [0.2, 0.25) is 0 Å². The number of aliphatic carboxylic acids is 1. The van der Waals surface area contributed by atoms with Gasteiger partial charge < -0.3 is 14.7 Å². The number of hydrogen-bond donors (Lipinski definition) is 1. The average Bonchev–Trinajstić information content (AvgIpc) is 2.72. The molecule has 0 radical (unpaired) electrons. The summed E-state index contributed by atoms with van der Waals surface area (Å²) in [5, 5.41) is 9.23. The molecule has 92 valence electrons. The lowest BCUT2D eigenvalue weighted by molar-refractivity contribution is -0.141. The zero-order valence-corrected chi connectivity index (χ0v) is 10.1. The third-order valence-electron chi connectivity index (χ3n) is 3.34. The highest BCUT2D eigenvalue weighted by atomic mass is 16.5. The SMILES string of the molecule is COc1cccc([C@H]2CN(C)C[C@H]2C(=O)O)c1. The van der Waals surface area contributed by atoms with Crippen molar-refractivity contribution in [2.75, 3.05) is 27.2 Å². The van der Waals surface area contributed by atoms with Crippen LogP contribution in [0, 0.1) is 5.92 Å². The van der Waals surface area contributed by atoms with Crippen molar-refractivity contribution in [3.63, 3.8) is 0 Å². The fourth-order valence-corrected chi connectivity index (χ4v) is 2.46. The molecule has 1 aliphatic heterocycles. The van der Waals surface area contributed by atoms with Crippen LogP contribution in [0.3, 0.4) is 0 Å². The molecular weight excluding hydrogens is 218 g/mol. The van der Waals surface area contributed by atoms with E-state index in [0.29, 0.717) is 6.54 Å². The van der Waals surface area contributed by atoms with Gasteiger partial charge in [0.1, 0.15) is 5.75 Å². The highest BCUT2D eigenvalue weighted by Crippen LogP contribution is 2.33. The summed E-state index contributed by atoms with van der Waals surface area (Å²) in [6, 6.07) is 7.69. The van der Waals surface area contributed by atoms with Crippen molar-refractivity contribution in [1.82, 2.24) is 4.90 Å². The summed E-state index contributed by atoms with van der Waals surface area (Å²) in [6.45, 7) is 1.39. The largest absolute Gasteiger partial charge is 0.497 e. The van der Waals surface area contributed by atoms with Gasteiger partial charge in [-0.25, -0.2) is 0 Å². The summed E-state index contributed by atoms with van der Waals surface area (Å²) in [5.74, 6) is -0.219. The van der Waals surface area contributed by atoms with E-state index in [-0.39, 0.29) is 11.8 Å². The van der Waals surface area contributed by atoms with E-state index in [1.165, 1.54) is 0 Å². The lowest BCUT2D eigenvalue weighted by atomic mass is 9.89. The van der Waals surface area contributed by atoms with Gasteiger partial charge in [-0.3, -0.25) is 4.79 Å². The number of likely N-dealkylation sites (N-methyl/N-ethyl adjacent to an activating group) is 1. The Morgan fingerprint density at radius 3 is 2.88 bits per heavy atom. The molecule has 0 amide bonds. The average molecular weight is 235 g/mol. The smallest absolute Gasteiger partial charge is 0.308 e. The zero-order chi connectivity index (χ0) is 12.4. The number of nitrogens with zero attached hydrogens (tertiary/aromatic N) is 1. The second-order valence-corrected chi connectivity index (χ2v) is 4.55. The van der Waals surface area contributed by atoms with Gasteiger partial charge in [0.05, 0.1) is 13.0 Å². The number of rotatable bonds is 3. The van der Waals surface area contributed by atoms with Gasteiger partial charge >= 0.3 is 5.97 Å². The Kier molecular flexibility index (Phi) is 3.33. The number of benzene rings is 1. The van der Waals surface area contributed by atoms with Crippen molar-refractivity contribution >= 4 is 5.97 Å². The molecule has 17 heavy (non-hydrogen) atoms. The number of carbonyl (C=O) groups is 1. The standard InChI is InChI=1S/C13H17NO3/c1-14-7-11(12(8-14)13(15)16)9-4-3-5-10(6-9)17-2/h3-6,11-12H,7-8H2,1-2H3,(H,15,16)/t11-,12-/m1/s1. The van der Waals surface area contributed by atoms with Crippen LogP contribution in [0.5, 0.6) is 5.75 Å². The molecule has 4 nitrogen and oxygen atoms in total. The summed E-state index contributed by atoms with van der Waals surface area (Å²) in [4.78, 5) is 13.3. The summed E-state index contributed by atoms with van der Waals surface area (Å²) in [5.41, 5.74) is 1.04. The van der Waals surface area contributed by atoms with Crippen LogP contribution in [0.2, 0.25) is 0 Å². The Morgan fingerprint density at radius 1 is 1.47 bits per heavy atom. The molecule has 1 heterocycles. The van der Waals surface area contributed by atoms with Gasteiger partial charge in [-0.2, -0.15) is 0 Å². The predicted molar refractivity (Wildman–Crippen MR) is 64.4 cm³/mol. The summed E-state index contributed by atoms with van der Waals surface area (Å²) in [6.07, 6.45) is 0. The van der Waals surface area contributed by atoms with Crippen LogP contribution in [0.25, 0.3) is 0 Å². The third kappa shape index (κ3) is 2.42. The predicted octanol–water partition coefficient (Wildman–Crippen LogP) is 1.42. The van der Waals surface area contributed by atoms with Crippen LogP contribution in [0.15, 0.2) is 24.3 Å². The summed E-state index contributed by atoms with van der Waals surface area (Å²) in [7, 11) is 3.57. The maximum atomic E-state index is 11.2. The van der Waals surface area contributed by atoms with Crippen molar-refractivity contribution in [3.8, 4) is 5.75 Å². The van der Waals surface area contributed by atoms with Gasteiger partial charge in [-0.05, 0) is 24.7 Å². The molecule has 1 fully saturated rings. The minimum Gasteiger partial charge on any atom is -0.497 e. The van der Waals surface area contributed by atoms with Gasteiger partial charge in [0.25, 0.3) is 0 Å². The van der Waals surface area contributed by atoms with E-state index in [1.54, 1.807) is 7.11 Å². The van der Waals surface area contributed by atoms with E-state index >= 15 is 0 Å². The molecule has 1 aromatic rings. The molecule has 1 N–H and O–H groups in total. The van der Waals surface area contributed by atoms with Gasteiger partial charge in [0.15, 0.2) is 0 Å². The Balaban J connectivity index is 2.28. The first-order chi connectivity index (χ1) is 8.11. The van der Waals surface area contributed by atoms with E-state index < -0.39 is 5.97 Å². The van der Waals surface area contributed by atoms with Gasteiger partial charge in [-0.1, -0.05) is 12.1 Å². The van der Waals surface area contributed by atoms with Crippen LogP contribution >= 0.6 is 0 Å². The van der Waals surface area contributed by atoms with Crippen LogP contribution < -0.4 is 4.74 Å². The van der Waals surface area contributed by atoms with E-state index in [0.717, 1.165) is 17.9 Å². The summed E-state index contributed by atoms with van der Waals surface area (Å²) < 4.78 is 5.18. The number of ether oxygens (including phenoxy) is 1. The molecule has 4 heteroatoms. The zero-order valence-electron chi connectivity index (χ0n) is 10.1. The van der Waals surface area contributed by atoms with E-state index in [4.69, 9.17) is 4.74 Å². The third-order valence-corrected chi connectivity index (χ3v) is 3.34. The fraction of sp³-hybridized carbons (Fsp3) is 0.462. The molecule has 0 aliphatic carbocycles. The van der Waals surface area contributed by atoms with Crippen molar-refractivity contribution < 1.29 is 14.6 Å². The number of methoxy groups -OCH3 is 1. The van der Waals surface area contributed by atoms with Crippen molar-refractivity contribution in [2.45, 2.75) is 5.92 Å². The lowest BCUT2D eigenvalue weighted by Crippen LogP contribution is -2.21. The number of carboxylic acids is 1. The normalized spacial score (nSPS) is 24.8. The number of likely N-dealkylation sites (tertiary alicyclic amines) is 1. The summed E-state index contributed by atoms with van der Waals surface area (Å²) >= 11 is 0. The molecular formula is C13H17NO3. The molecule has 1 saturated heterocycles. The van der Waals surface area contributed by atoms with Crippen molar-refractivity contribution in [1.29, 1.82) is 0 Å². The number of carboxylic acid groups (broad SMARTS) is 1. The van der Waals surface area contributed by atoms with E-state index in [2.05, 4.69) is 4.90 Å². The molecule has 0 unspecified atom stereocenters. The van der Waals surface area contributed by atoms with Crippen LogP contribution in [0.1, 0.15) is 11.5 Å². The number of hydrogen-bond acceptors (Lipinski definition) is 3. The first-order valence-corrected chi connectivity index (χ1v) is 5.67. The minimum atomic E-state index is -0.720. The molecule has 0 spiro atoms. The second-order valence-electron chi connectivity index (χ2n) is 4.55. The Hall–Kier alpha value is -1.55. The van der Waals surface area contributed by atoms with Crippen LogP contribution in [-0.2, 0) is 4.79 Å². The molecule has 1 aromatic carbocycles. The molecule has 1 aliphatic rings. The molecule has 0 saturated carbocycles. The second kappa shape index (κ2) is 4.75. The van der Waals surface area contributed by atoms with Crippen LogP contribution in [0.4, 0.5) is 0 Å². The first kappa shape index (κ1) is 11.9. The van der Waals surface area contributed by atoms with E-state index in [9.17, 15) is 9.90 Å². The topological polar surface area (TPSA) is 49.8 Å². The lowest BCUT2D eigenvalue weighted by Gasteiger charge is -2.15. The quantitative estimate of drug-likeness (QED) is 0.861. The molecule has 0 aromatic heterocycles. The Bertz CT molecular complexity index is 419. The van der Waals surface area contributed by atoms with Crippen molar-refractivity contribution in [2.24, 2.45) is 5.92 Å². The molecule has 2 atom stereocenters. The maximum Gasteiger partial charge on any atom is 0.308 e. The maximum absolute atomic E-state index is 11.2. The van der Waals surface area contributed by atoms with Crippen LogP contribution in [-0.4, -0.2) is 43.2 Å². The Labute approximate surface area is 101 Å². The van der Waals surface area contributed by atoms with Gasteiger partial charge in [0, 0.05) is 19.0 Å². The highest BCUT2D eigenvalue weighted by molar-refractivity contribution is 5.72. The first-order valence-electron chi connectivity index (χ1n) is 5.67. The Morgan fingerprint density at radius 2 is 2.24 bits per heavy atom. The highest BCUT2D eigenvalue weighted by Gasteiger charge is 2.36. The van der Waals surface area contributed by atoms with Crippen molar-refractivity contribution in [3.05, 3.63) is 29.8 Å².